The highest BCUT2D eigenvalue weighted by molar-refractivity contribution is 5.92. The predicted octanol–water partition coefficient (Wildman–Crippen LogP) is 2.20. The van der Waals surface area contributed by atoms with E-state index in [0.717, 1.165) is 38.2 Å². The molecule has 3 rings (SSSR count). The van der Waals surface area contributed by atoms with Crippen LogP contribution in [0.5, 0.6) is 0 Å². The maximum Gasteiger partial charge on any atom is 0.267 e. The molecule has 130 valence electrons. The second kappa shape index (κ2) is 7.66. The van der Waals surface area contributed by atoms with E-state index in [1.165, 1.54) is 18.5 Å². The minimum absolute atomic E-state index is 0.0220. The molecule has 1 amide bonds. The van der Waals surface area contributed by atoms with Crippen LogP contribution in [0.3, 0.4) is 0 Å². The van der Waals surface area contributed by atoms with Gasteiger partial charge < -0.3 is 14.5 Å². The highest BCUT2D eigenvalue weighted by Crippen LogP contribution is 2.31. The summed E-state index contributed by atoms with van der Waals surface area (Å²) in [4.78, 5) is 18.6. The highest BCUT2D eigenvalue weighted by Gasteiger charge is 2.26. The van der Waals surface area contributed by atoms with E-state index in [4.69, 9.17) is 0 Å². The molecule has 0 bridgehead atoms. The number of carbonyl (C=O) groups excluding carboxylic acids is 1. The molecule has 1 saturated heterocycles. The molecule has 3 heterocycles. The van der Waals surface area contributed by atoms with Gasteiger partial charge in [-0.3, -0.25) is 9.69 Å². The third-order valence-electron chi connectivity index (χ3n) is 5.00. The van der Waals surface area contributed by atoms with Crippen molar-refractivity contribution in [2.75, 3.05) is 20.1 Å². The Kier molecular flexibility index (Phi) is 5.35. The first kappa shape index (κ1) is 16.8. The Labute approximate surface area is 143 Å². The Morgan fingerprint density at radius 1 is 1.33 bits per heavy atom. The molecule has 1 aliphatic rings. The maximum atomic E-state index is 12.0. The number of aryl methyl sites for hydroxylation is 1. The Balaban J connectivity index is 1.68. The van der Waals surface area contributed by atoms with Crippen molar-refractivity contribution in [3.63, 3.8) is 0 Å². The lowest BCUT2D eigenvalue weighted by molar-refractivity contribution is 0.0952. The van der Waals surface area contributed by atoms with E-state index in [9.17, 15) is 4.79 Å². The summed E-state index contributed by atoms with van der Waals surface area (Å²) in [7, 11) is 3.68. The van der Waals surface area contributed by atoms with Crippen molar-refractivity contribution in [3.05, 3.63) is 42.2 Å². The first-order valence-electron chi connectivity index (χ1n) is 8.78. The van der Waals surface area contributed by atoms with Crippen LogP contribution in [0.1, 0.15) is 47.9 Å². The number of amides is 1. The summed E-state index contributed by atoms with van der Waals surface area (Å²) in [5.74, 6) is -0.0220. The van der Waals surface area contributed by atoms with Gasteiger partial charge in [-0.15, -0.1) is 0 Å². The van der Waals surface area contributed by atoms with Crippen LogP contribution in [0, 0.1) is 0 Å². The lowest BCUT2D eigenvalue weighted by atomic mass is 9.99. The zero-order valence-electron chi connectivity index (χ0n) is 14.6. The second-order valence-corrected chi connectivity index (χ2v) is 6.48. The lowest BCUT2D eigenvalue weighted by Gasteiger charge is -2.36. The monoisotopic (exact) mass is 329 g/mol. The number of nitrogens with zero attached hydrogens (tertiary/aromatic N) is 4. The average molecular weight is 329 g/mol. The number of carbonyl (C=O) groups is 1. The minimum Gasteiger partial charge on any atom is -0.354 e. The van der Waals surface area contributed by atoms with Crippen molar-refractivity contribution in [1.29, 1.82) is 0 Å². The summed E-state index contributed by atoms with van der Waals surface area (Å²) in [5, 5.41) is 2.72. The van der Waals surface area contributed by atoms with Crippen molar-refractivity contribution in [2.24, 2.45) is 7.05 Å². The van der Waals surface area contributed by atoms with Crippen LogP contribution in [0.2, 0.25) is 0 Å². The van der Waals surface area contributed by atoms with Gasteiger partial charge in [0, 0.05) is 45.3 Å². The number of hydrogen-bond donors (Lipinski definition) is 1. The molecule has 24 heavy (non-hydrogen) atoms. The van der Waals surface area contributed by atoms with Crippen molar-refractivity contribution >= 4 is 5.91 Å². The molecule has 0 aromatic carbocycles. The number of imidazole rings is 1. The minimum atomic E-state index is -0.0220. The van der Waals surface area contributed by atoms with Crippen LogP contribution < -0.4 is 5.32 Å². The van der Waals surface area contributed by atoms with Crippen LogP contribution >= 0.6 is 0 Å². The van der Waals surface area contributed by atoms with E-state index in [-0.39, 0.29) is 5.91 Å². The number of likely N-dealkylation sites (tertiary alicyclic amines) is 1. The van der Waals surface area contributed by atoms with Crippen LogP contribution in [0.4, 0.5) is 0 Å². The smallest absolute Gasteiger partial charge is 0.267 e. The van der Waals surface area contributed by atoms with Crippen molar-refractivity contribution in [2.45, 2.75) is 38.3 Å². The van der Waals surface area contributed by atoms with E-state index >= 15 is 0 Å². The lowest BCUT2D eigenvalue weighted by Crippen LogP contribution is -2.35. The largest absolute Gasteiger partial charge is 0.354 e. The number of hydrogen-bond acceptors (Lipinski definition) is 3. The fraction of sp³-hybridized carbons (Fsp3) is 0.556. The molecule has 6 nitrogen and oxygen atoms in total. The molecule has 1 fully saturated rings. The summed E-state index contributed by atoms with van der Waals surface area (Å²) < 4.78 is 4.18. The van der Waals surface area contributed by atoms with Gasteiger partial charge in [0.15, 0.2) is 0 Å². The fourth-order valence-corrected chi connectivity index (χ4v) is 3.69. The molecule has 1 N–H and O–H groups in total. The van der Waals surface area contributed by atoms with Crippen molar-refractivity contribution in [3.8, 4) is 0 Å². The molecule has 1 atom stereocenters. The summed E-state index contributed by atoms with van der Waals surface area (Å²) in [6, 6.07) is 4.46. The van der Waals surface area contributed by atoms with Gasteiger partial charge in [0.2, 0.25) is 0 Å². The fourth-order valence-electron chi connectivity index (χ4n) is 3.69. The molecule has 0 unspecified atom stereocenters. The van der Waals surface area contributed by atoms with E-state index in [0.29, 0.717) is 6.04 Å². The van der Waals surface area contributed by atoms with Crippen LogP contribution in [0.15, 0.2) is 30.9 Å². The van der Waals surface area contributed by atoms with Gasteiger partial charge in [-0.25, -0.2) is 4.98 Å². The molecule has 1 aliphatic heterocycles. The first-order valence-corrected chi connectivity index (χ1v) is 8.78. The summed E-state index contributed by atoms with van der Waals surface area (Å²) >= 11 is 0. The van der Waals surface area contributed by atoms with Crippen LogP contribution in [0.25, 0.3) is 0 Å². The first-order chi connectivity index (χ1) is 11.7. The predicted molar refractivity (Wildman–Crippen MR) is 93.8 cm³/mol. The Hall–Kier alpha value is -2.08. The third kappa shape index (κ3) is 3.53. The zero-order valence-corrected chi connectivity index (χ0v) is 14.6. The van der Waals surface area contributed by atoms with Gasteiger partial charge in [-0.1, -0.05) is 6.42 Å². The SMILES string of the molecule is CNC(=O)c1ccc([C@H]2CCCCN2CCCn2ccnc2)n1C. The summed E-state index contributed by atoms with van der Waals surface area (Å²) in [6.45, 7) is 3.21. The molecule has 0 radical (unpaired) electrons. The normalized spacial score (nSPS) is 18.7. The molecule has 2 aromatic heterocycles. The highest BCUT2D eigenvalue weighted by atomic mass is 16.1. The average Bonchev–Trinajstić information content (AvgIpc) is 3.24. The Morgan fingerprint density at radius 2 is 2.21 bits per heavy atom. The molecular formula is C18H27N5O. The van der Waals surface area contributed by atoms with Gasteiger partial charge in [0.05, 0.1) is 12.4 Å². The van der Waals surface area contributed by atoms with E-state index in [1.807, 2.05) is 31.8 Å². The van der Waals surface area contributed by atoms with Crippen molar-refractivity contribution in [1.82, 2.24) is 24.3 Å². The molecule has 6 heteroatoms. The van der Waals surface area contributed by atoms with Gasteiger partial charge in [-0.2, -0.15) is 0 Å². The Bertz CT molecular complexity index is 661. The quantitative estimate of drug-likeness (QED) is 0.884. The van der Waals surface area contributed by atoms with Gasteiger partial charge in [0.25, 0.3) is 5.91 Å². The van der Waals surface area contributed by atoms with E-state index < -0.39 is 0 Å². The van der Waals surface area contributed by atoms with Crippen molar-refractivity contribution < 1.29 is 4.79 Å². The van der Waals surface area contributed by atoms with Gasteiger partial charge in [-0.05, 0) is 37.9 Å². The molecule has 2 aromatic rings. The van der Waals surface area contributed by atoms with E-state index in [2.05, 4.69) is 30.4 Å². The topological polar surface area (TPSA) is 55.1 Å². The molecule has 0 saturated carbocycles. The van der Waals surface area contributed by atoms with Gasteiger partial charge >= 0.3 is 0 Å². The number of rotatable bonds is 6. The molecular weight excluding hydrogens is 302 g/mol. The summed E-state index contributed by atoms with van der Waals surface area (Å²) in [5.41, 5.74) is 1.98. The standard InChI is InChI=1S/C18H27N5O/c1-19-18(24)17-8-7-15(21(17)2)16-6-3-4-11-23(16)12-5-10-22-13-9-20-14-22/h7-9,13-14,16H,3-6,10-12H2,1-2H3,(H,19,24)/t16-/m1/s1. The Morgan fingerprint density at radius 3 is 2.96 bits per heavy atom. The number of nitrogens with one attached hydrogen (secondary N) is 1. The maximum absolute atomic E-state index is 12.0. The summed E-state index contributed by atoms with van der Waals surface area (Å²) in [6.07, 6.45) is 10.5. The number of aromatic nitrogens is 3. The zero-order chi connectivity index (χ0) is 16.9. The van der Waals surface area contributed by atoms with Crippen LogP contribution in [-0.4, -0.2) is 45.1 Å². The second-order valence-electron chi connectivity index (χ2n) is 6.48. The van der Waals surface area contributed by atoms with E-state index in [1.54, 1.807) is 7.05 Å². The van der Waals surface area contributed by atoms with Crippen LogP contribution in [-0.2, 0) is 13.6 Å². The van der Waals surface area contributed by atoms with Gasteiger partial charge in [0.1, 0.15) is 5.69 Å². The third-order valence-corrected chi connectivity index (χ3v) is 5.00. The molecule has 0 aliphatic carbocycles. The number of piperidine rings is 1. The molecule has 0 spiro atoms.